The fraction of sp³-hybridized carbons (Fsp3) is 0.429. The molecule has 0 aromatic heterocycles. The van der Waals surface area contributed by atoms with Gasteiger partial charge in [-0.3, -0.25) is 4.31 Å². The number of aliphatic carboxylic acids is 1. The maximum atomic E-state index is 11.3. The van der Waals surface area contributed by atoms with E-state index >= 15 is 0 Å². The zero-order chi connectivity index (χ0) is 10.9. The van der Waals surface area contributed by atoms with Crippen LogP contribution in [0, 0.1) is 0 Å². The van der Waals surface area contributed by atoms with E-state index in [0.29, 0.717) is 0 Å². The summed E-state index contributed by atoms with van der Waals surface area (Å²) in [5.41, 5.74) is 0.0941. The lowest BCUT2D eigenvalue weighted by molar-refractivity contribution is -0.132. The summed E-state index contributed by atoms with van der Waals surface area (Å²) in [5, 5.41) is 8.72. The molecule has 6 nitrogen and oxygen atoms in total. The molecule has 1 aliphatic heterocycles. The highest BCUT2D eigenvalue weighted by Gasteiger charge is 2.27. The van der Waals surface area contributed by atoms with Gasteiger partial charge in [0.25, 0.3) is 0 Å². The number of carboxylic acid groups (broad SMARTS) is 1. The zero-order valence-corrected chi connectivity index (χ0v) is 8.58. The van der Waals surface area contributed by atoms with Gasteiger partial charge in [-0.15, -0.1) is 0 Å². The van der Waals surface area contributed by atoms with Crippen LogP contribution in [0.2, 0.25) is 0 Å². The average Bonchev–Trinajstić information content (AvgIpc) is 2.02. The Morgan fingerprint density at radius 3 is 2.64 bits per heavy atom. The first-order valence-electron chi connectivity index (χ1n) is 3.92. The van der Waals surface area contributed by atoms with Crippen LogP contribution in [0.1, 0.15) is 13.8 Å². The third kappa shape index (κ3) is 1.63. The van der Waals surface area contributed by atoms with Crippen molar-refractivity contribution in [3.8, 4) is 0 Å². The molecule has 1 N–H and O–H groups in total. The van der Waals surface area contributed by atoms with Gasteiger partial charge in [-0.2, -0.15) is 12.8 Å². The largest absolute Gasteiger partial charge is 0.478 e. The number of nitrogens with zero attached hydrogens (tertiary/aromatic N) is 2. The number of rotatable bonds is 2. The molecule has 0 saturated carbocycles. The number of carbonyl (C=O) groups is 1. The molecular formula is C7H10N2O4S. The maximum Gasteiger partial charge on any atom is 0.344 e. The summed E-state index contributed by atoms with van der Waals surface area (Å²) in [6.07, 6.45) is 0.860. The van der Waals surface area contributed by atoms with Gasteiger partial charge < -0.3 is 5.11 Å². The van der Waals surface area contributed by atoms with Crippen LogP contribution in [0.4, 0.5) is 0 Å². The molecule has 0 spiro atoms. The topological polar surface area (TPSA) is 87.0 Å². The highest BCUT2D eigenvalue weighted by atomic mass is 32.2. The van der Waals surface area contributed by atoms with Crippen molar-refractivity contribution >= 4 is 22.4 Å². The van der Waals surface area contributed by atoms with Gasteiger partial charge >= 0.3 is 16.2 Å². The highest BCUT2D eigenvalue weighted by Crippen LogP contribution is 2.19. The Morgan fingerprint density at radius 2 is 2.21 bits per heavy atom. The first-order chi connectivity index (χ1) is 6.40. The van der Waals surface area contributed by atoms with E-state index in [0.717, 1.165) is 10.5 Å². The summed E-state index contributed by atoms with van der Waals surface area (Å²) in [6.45, 7) is 3.22. The molecule has 1 rings (SSSR count). The fourth-order valence-electron chi connectivity index (χ4n) is 1.19. The van der Waals surface area contributed by atoms with Gasteiger partial charge in [0.1, 0.15) is 0 Å². The summed E-state index contributed by atoms with van der Waals surface area (Å²) < 4.78 is 26.7. The molecule has 0 atom stereocenters. The first-order valence-corrected chi connectivity index (χ1v) is 5.32. The quantitative estimate of drug-likeness (QED) is 0.706. The van der Waals surface area contributed by atoms with Crippen molar-refractivity contribution in [1.82, 2.24) is 4.31 Å². The smallest absolute Gasteiger partial charge is 0.344 e. The van der Waals surface area contributed by atoms with Crippen LogP contribution in [-0.4, -0.2) is 36.6 Å². The van der Waals surface area contributed by atoms with E-state index in [1.54, 1.807) is 6.92 Å². The molecule has 1 heterocycles. The Balaban J connectivity index is 3.28. The predicted molar refractivity (Wildman–Crippen MR) is 50.1 cm³/mol. The Bertz CT molecular complexity index is 421. The molecule has 0 aromatic carbocycles. The lowest BCUT2D eigenvalue weighted by atomic mass is 10.2. The third-order valence-electron chi connectivity index (χ3n) is 1.88. The van der Waals surface area contributed by atoms with E-state index in [1.807, 2.05) is 0 Å². The van der Waals surface area contributed by atoms with Crippen molar-refractivity contribution in [1.29, 1.82) is 0 Å². The molecule has 0 fully saturated rings. The van der Waals surface area contributed by atoms with Gasteiger partial charge in [0.2, 0.25) is 0 Å². The van der Waals surface area contributed by atoms with Crippen LogP contribution in [0.15, 0.2) is 15.7 Å². The molecule has 7 heteroatoms. The SMILES string of the molecule is CCN1C(C)=C(C(=O)O)C=NS1(=O)=O. The van der Waals surface area contributed by atoms with Gasteiger partial charge in [-0.05, 0) is 13.8 Å². The van der Waals surface area contributed by atoms with Gasteiger partial charge in [-0.1, -0.05) is 0 Å². The standard InChI is InChI=1S/C7H10N2O4S/c1-3-9-5(2)6(7(10)11)4-8-14(9,12)13/h4H,3H2,1-2H3,(H,10,11). The molecule has 0 unspecified atom stereocenters. The van der Waals surface area contributed by atoms with Gasteiger partial charge in [-0.25, -0.2) is 4.79 Å². The number of hydrogen-bond acceptors (Lipinski definition) is 3. The second-order valence-corrected chi connectivity index (χ2v) is 4.23. The van der Waals surface area contributed by atoms with Crippen LogP contribution in [-0.2, 0) is 15.0 Å². The lowest BCUT2D eigenvalue weighted by Crippen LogP contribution is -2.32. The third-order valence-corrected chi connectivity index (χ3v) is 3.34. The van der Waals surface area contributed by atoms with Crippen LogP contribution < -0.4 is 0 Å². The van der Waals surface area contributed by atoms with Crippen molar-refractivity contribution < 1.29 is 18.3 Å². The lowest BCUT2D eigenvalue weighted by Gasteiger charge is -2.24. The van der Waals surface area contributed by atoms with E-state index < -0.39 is 16.2 Å². The van der Waals surface area contributed by atoms with Gasteiger partial charge in [0.05, 0.1) is 11.8 Å². The van der Waals surface area contributed by atoms with Crippen molar-refractivity contribution in [2.75, 3.05) is 6.54 Å². The van der Waals surface area contributed by atoms with E-state index in [4.69, 9.17) is 5.11 Å². The molecule has 0 amide bonds. The molecule has 78 valence electrons. The van der Waals surface area contributed by atoms with Crippen molar-refractivity contribution in [3.05, 3.63) is 11.3 Å². The molecule has 0 aliphatic carbocycles. The molecule has 1 aliphatic rings. The van der Waals surface area contributed by atoms with Gasteiger partial charge in [0, 0.05) is 12.2 Å². The maximum absolute atomic E-state index is 11.3. The number of carboxylic acids is 1. The molecule has 0 saturated heterocycles. The second-order valence-electron chi connectivity index (χ2n) is 2.68. The summed E-state index contributed by atoms with van der Waals surface area (Å²) in [7, 11) is -3.71. The summed E-state index contributed by atoms with van der Waals surface area (Å²) in [6, 6.07) is 0. The van der Waals surface area contributed by atoms with Crippen LogP contribution in [0.3, 0.4) is 0 Å². The van der Waals surface area contributed by atoms with E-state index in [1.165, 1.54) is 6.92 Å². The summed E-state index contributed by atoms with van der Waals surface area (Å²) in [5.74, 6) is -1.18. The van der Waals surface area contributed by atoms with Gasteiger partial charge in [0.15, 0.2) is 0 Å². The first kappa shape index (κ1) is 10.7. The fourth-order valence-corrected chi connectivity index (χ4v) is 2.31. The van der Waals surface area contributed by atoms with Crippen molar-refractivity contribution in [2.24, 2.45) is 4.40 Å². The summed E-state index contributed by atoms with van der Waals surface area (Å²) in [4.78, 5) is 10.7. The molecule has 0 bridgehead atoms. The molecular weight excluding hydrogens is 208 g/mol. The zero-order valence-electron chi connectivity index (χ0n) is 7.76. The Hall–Kier alpha value is -1.37. The molecule has 14 heavy (non-hydrogen) atoms. The Kier molecular flexibility index (Phi) is 2.61. The normalized spacial score (nSPS) is 20.0. The average molecular weight is 218 g/mol. The highest BCUT2D eigenvalue weighted by molar-refractivity contribution is 7.88. The number of allylic oxidation sites excluding steroid dienone is 1. The monoisotopic (exact) mass is 218 g/mol. The molecule has 0 aromatic rings. The van der Waals surface area contributed by atoms with E-state index in [2.05, 4.69) is 4.40 Å². The minimum atomic E-state index is -3.71. The van der Waals surface area contributed by atoms with Crippen molar-refractivity contribution in [3.63, 3.8) is 0 Å². The Labute approximate surface area is 81.7 Å². The van der Waals surface area contributed by atoms with E-state index in [-0.39, 0.29) is 17.8 Å². The Morgan fingerprint density at radius 1 is 1.64 bits per heavy atom. The number of hydrogen-bond donors (Lipinski definition) is 1. The minimum Gasteiger partial charge on any atom is -0.478 e. The van der Waals surface area contributed by atoms with E-state index in [9.17, 15) is 13.2 Å². The predicted octanol–water partition coefficient (Wildman–Crippen LogP) is -0.00390. The van der Waals surface area contributed by atoms with Crippen LogP contribution >= 0.6 is 0 Å². The molecule has 0 radical (unpaired) electrons. The second kappa shape index (κ2) is 3.41. The van der Waals surface area contributed by atoms with Crippen molar-refractivity contribution in [2.45, 2.75) is 13.8 Å². The van der Waals surface area contributed by atoms with Crippen LogP contribution in [0.25, 0.3) is 0 Å². The summed E-state index contributed by atoms with van der Waals surface area (Å²) >= 11 is 0. The minimum absolute atomic E-state index is 0.0957. The van der Waals surface area contributed by atoms with Crippen LogP contribution in [0.5, 0.6) is 0 Å².